The largest absolute Gasteiger partial charge is 0.318 e. The number of pyridine rings is 1. The number of anilines is 1. The molecule has 0 bridgehead atoms. The van der Waals surface area contributed by atoms with E-state index >= 15 is 0 Å². The van der Waals surface area contributed by atoms with Crippen LogP contribution in [0.2, 0.25) is 0 Å². The first kappa shape index (κ1) is 15.3. The van der Waals surface area contributed by atoms with Gasteiger partial charge in [-0.2, -0.15) is 5.10 Å². The summed E-state index contributed by atoms with van der Waals surface area (Å²) in [5.74, 6) is -0.378. The van der Waals surface area contributed by atoms with E-state index in [0.29, 0.717) is 11.6 Å². The minimum Gasteiger partial charge on any atom is -0.318 e. The zero-order valence-corrected chi connectivity index (χ0v) is 14.3. The number of fused-ring (bicyclic) bond motifs is 1. The van der Waals surface area contributed by atoms with E-state index in [4.69, 9.17) is 0 Å². The Morgan fingerprint density at radius 1 is 1.38 bits per heavy atom. The smallest absolute Gasteiger partial charge is 0.276 e. The fourth-order valence-electron chi connectivity index (χ4n) is 2.66. The van der Waals surface area contributed by atoms with Crippen molar-refractivity contribution in [1.29, 1.82) is 0 Å². The summed E-state index contributed by atoms with van der Waals surface area (Å²) in [5.41, 5.74) is 1.29. The van der Waals surface area contributed by atoms with Crippen molar-refractivity contribution in [3.8, 4) is 0 Å². The second-order valence-corrected chi connectivity index (χ2v) is 6.86. The Hall–Kier alpha value is -2.28. The van der Waals surface area contributed by atoms with Gasteiger partial charge in [-0.1, -0.05) is 15.9 Å². The molecule has 4 rings (SSSR count). The van der Waals surface area contributed by atoms with E-state index in [0.717, 1.165) is 28.1 Å². The summed E-state index contributed by atoms with van der Waals surface area (Å²) in [6, 6.07) is 7.16. The van der Waals surface area contributed by atoms with Crippen LogP contribution in [0, 0.1) is 11.7 Å². The number of aromatic nitrogens is 3. The highest BCUT2D eigenvalue weighted by Crippen LogP contribution is 2.32. The molecule has 0 spiro atoms. The van der Waals surface area contributed by atoms with Crippen molar-refractivity contribution >= 4 is 38.4 Å². The minimum absolute atomic E-state index is 0.0925. The molecular weight excluding hydrogens is 375 g/mol. The van der Waals surface area contributed by atoms with Crippen molar-refractivity contribution in [2.24, 2.45) is 5.92 Å². The molecule has 2 aromatic heterocycles. The van der Waals surface area contributed by atoms with Crippen molar-refractivity contribution in [2.45, 2.75) is 19.4 Å². The second-order valence-electron chi connectivity index (χ2n) is 5.95. The number of carbonyl (C=O) groups is 1. The summed E-state index contributed by atoms with van der Waals surface area (Å²) >= 11 is 3.43. The molecule has 24 heavy (non-hydrogen) atoms. The number of carbonyl (C=O) groups excluding carboxylic acids is 1. The van der Waals surface area contributed by atoms with Crippen molar-refractivity contribution in [2.75, 3.05) is 5.32 Å². The van der Waals surface area contributed by atoms with Gasteiger partial charge in [0.25, 0.3) is 5.91 Å². The lowest BCUT2D eigenvalue weighted by molar-refractivity contribution is 0.102. The second kappa shape index (κ2) is 5.98. The SMILES string of the molecule is O=C(Nc1ccncc1F)c1nn(CC2CC2)c2ccc(Br)cc12. The summed E-state index contributed by atoms with van der Waals surface area (Å²) in [6.07, 6.45) is 4.89. The average molecular weight is 389 g/mol. The molecule has 0 atom stereocenters. The van der Waals surface area contributed by atoms with Gasteiger partial charge < -0.3 is 5.32 Å². The van der Waals surface area contributed by atoms with Gasteiger partial charge in [-0.05, 0) is 43.0 Å². The Kier molecular flexibility index (Phi) is 3.80. The third-order valence-electron chi connectivity index (χ3n) is 4.08. The molecule has 0 saturated heterocycles. The van der Waals surface area contributed by atoms with Crippen LogP contribution in [0.3, 0.4) is 0 Å². The third kappa shape index (κ3) is 2.91. The van der Waals surface area contributed by atoms with Crippen LogP contribution in [0.5, 0.6) is 0 Å². The Labute approximate surface area is 146 Å². The van der Waals surface area contributed by atoms with Crippen molar-refractivity contribution in [3.05, 3.63) is 52.6 Å². The van der Waals surface area contributed by atoms with Gasteiger partial charge in [0, 0.05) is 22.6 Å². The molecule has 1 aromatic carbocycles. The van der Waals surface area contributed by atoms with Crippen molar-refractivity contribution < 1.29 is 9.18 Å². The first-order valence-corrected chi connectivity index (χ1v) is 8.48. The summed E-state index contributed by atoms with van der Waals surface area (Å²) in [7, 11) is 0. The predicted molar refractivity (Wildman–Crippen MR) is 92.3 cm³/mol. The zero-order valence-electron chi connectivity index (χ0n) is 12.7. The Balaban J connectivity index is 1.73. The molecule has 1 amide bonds. The van der Waals surface area contributed by atoms with Gasteiger partial charge in [0.05, 0.1) is 17.4 Å². The summed E-state index contributed by atoms with van der Waals surface area (Å²) in [4.78, 5) is 16.3. The third-order valence-corrected chi connectivity index (χ3v) is 4.57. The fraction of sp³-hybridized carbons (Fsp3) is 0.235. The maximum absolute atomic E-state index is 13.7. The highest BCUT2D eigenvalue weighted by Gasteiger charge is 2.25. The Morgan fingerprint density at radius 3 is 2.96 bits per heavy atom. The van der Waals surface area contributed by atoms with Crippen LogP contribution in [0.4, 0.5) is 10.1 Å². The molecule has 122 valence electrons. The summed E-state index contributed by atoms with van der Waals surface area (Å²) < 4.78 is 16.5. The molecule has 0 unspecified atom stereocenters. The number of hydrogen-bond donors (Lipinski definition) is 1. The highest BCUT2D eigenvalue weighted by molar-refractivity contribution is 9.10. The van der Waals surface area contributed by atoms with E-state index < -0.39 is 11.7 Å². The van der Waals surface area contributed by atoms with Gasteiger partial charge in [-0.25, -0.2) is 4.39 Å². The summed E-state index contributed by atoms with van der Waals surface area (Å²) in [6.45, 7) is 0.801. The number of nitrogens with zero attached hydrogens (tertiary/aromatic N) is 3. The highest BCUT2D eigenvalue weighted by atomic mass is 79.9. The van der Waals surface area contributed by atoms with Crippen LogP contribution >= 0.6 is 15.9 Å². The molecule has 1 aliphatic rings. The first-order chi connectivity index (χ1) is 11.6. The van der Waals surface area contributed by atoms with E-state index in [1.165, 1.54) is 25.1 Å². The number of rotatable bonds is 4. The molecule has 1 saturated carbocycles. The molecule has 1 fully saturated rings. The maximum atomic E-state index is 13.7. The monoisotopic (exact) mass is 388 g/mol. The maximum Gasteiger partial charge on any atom is 0.276 e. The van der Waals surface area contributed by atoms with Crippen LogP contribution < -0.4 is 5.32 Å². The van der Waals surface area contributed by atoms with Gasteiger partial charge in [-0.15, -0.1) is 0 Å². The summed E-state index contributed by atoms with van der Waals surface area (Å²) in [5, 5.41) is 7.80. The van der Waals surface area contributed by atoms with Crippen LogP contribution in [0.15, 0.2) is 41.1 Å². The standard InChI is InChI=1S/C17H14BrFN4O/c18-11-3-4-15-12(7-11)16(22-23(15)9-10-1-2-10)17(24)21-14-5-6-20-8-13(14)19/h3-8,10H,1-2,9H2,(H,20,21,24). The molecule has 1 aliphatic carbocycles. The quantitative estimate of drug-likeness (QED) is 0.734. The molecule has 3 aromatic rings. The van der Waals surface area contributed by atoms with Gasteiger partial charge in [0.1, 0.15) is 0 Å². The van der Waals surface area contributed by atoms with E-state index in [-0.39, 0.29) is 5.69 Å². The minimum atomic E-state index is -0.575. The van der Waals surface area contributed by atoms with E-state index in [2.05, 4.69) is 31.3 Å². The number of amides is 1. The number of halogens is 2. The van der Waals surface area contributed by atoms with Gasteiger partial charge >= 0.3 is 0 Å². The van der Waals surface area contributed by atoms with Crippen molar-refractivity contribution in [1.82, 2.24) is 14.8 Å². The fourth-order valence-corrected chi connectivity index (χ4v) is 3.02. The Bertz CT molecular complexity index is 935. The van der Waals surface area contributed by atoms with Crippen molar-refractivity contribution in [3.63, 3.8) is 0 Å². The van der Waals surface area contributed by atoms with E-state index in [1.807, 2.05) is 22.9 Å². The van der Waals surface area contributed by atoms with Gasteiger partial charge in [0.2, 0.25) is 0 Å². The number of nitrogens with one attached hydrogen (secondary N) is 1. The predicted octanol–water partition coefficient (Wildman–Crippen LogP) is 4.00. The normalized spacial score (nSPS) is 14.1. The number of hydrogen-bond acceptors (Lipinski definition) is 3. The average Bonchev–Trinajstić information content (AvgIpc) is 3.30. The van der Waals surface area contributed by atoms with Gasteiger partial charge in [0.15, 0.2) is 11.5 Å². The van der Waals surface area contributed by atoms with E-state index in [1.54, 1.807) is 0 Å². The molecule has 5 nitrogen and oxygen atoms in total. The topological polar surface area (TPSA) is 59.8 Å². The molecule has 0 radical (unpaired) electrons. The van der Waals surface area contributed by atoms with Crippen LogP contribution in [0.25, 0.3) is 10.9 Å². The lowest BCUT2D eigenvalue weighted by Gasteiger charge is -2.04. The molecule has 0 aliphatic heterocycles. The lowest BCUT2D eigenvalue weighted by Crippen LogP contribution is -2.15. The molecule has 1 N–H and O–H groups in total. The number of benzene rings is 1. The molecule has 7 heteroatoms. The van der Waals surface area contributed by atoms with Gasteiger partial charge in [-0.3, -0.25) is 14.5 Å². The zero-order chi connectivity index (χ0) is 16.7. The van der Waals surface area contributed by atoms with E-state index in [9.17, 15) is 9.18 Å². The molecule has 2 heterocycles. The lowest BCUT2D eigenvalue weighted by atomic mass is 10.2. The molecular formula is C17H14BrFN4O. The van der Waals surface area contributed by atoms with Crippen LogP contribution in [-0.4, -0.2) is 20.7 Å². The van der Waals surface area contributed by atoms with Crippen LogP contribution in [-0.2, 0) is 6.54 Å². The first-order valence-electron chi connectivity index (χ1n) is 7.69. The Morgan fingerprint density at radius 2 is 2.21 bits per heavy atom. The van der Waals surface area contributed by atoms with Crippen LogP contribution in [0.1, 0.15) is 23.3 Å².